The van der Waals surface area contributed by atoms with Crippen LogP contribution < -0.4 is 0 Å². The summed E-state index contributed by atoms with van der Waals surface area (Å²) in [5, 5.41) is 4.85. The predicted molar refractivity (Wildman–Crippen MR) is 118 cm³/mol. The molecule has 2 aliphatic rings. The number of morpholine rings is 1. The van der Waals surface area contributed by atoms with Gasteiger partial charge in [0.15, 0.2) is 5.69 Å². The van der Waals surface area contributed by atoms with Crippen molar-refractivity contribution < 1.29 is 9.53 Å². The third kappa shape index (κ3) is 4.60. The van der Waals surface area contributed by atoms with Gasteiger partial charge in [0.05, 0.1) is 13.2 Å². The van der Waals surface area contributed by atoms with Crippen molar-refractivity contribution in [1.29, 1.82) is 0 Å². The lowest BCUT2D eigenvalue weighted by molar-refractivity contribution is 0.0297. The molecule has 1 aromatic carbocycles. The summed E-state index contributed by atoms with van der Waals surface area (Å²) in [6, 6.07) is 11.0. The average Bonchev–Trinajstić information content (AvgIpc) is 3.11. The largest absolute Gasteiger partial charge is 0.378 e. The predicted octanol–water partition coefficient (Wildman–Crippen LogP) is 3.00. The van der Waals surface area contributed by atoms with E-state index in [4.69, 9.17) is 9.84 Å². The molecule has 162 valence electrons. The van der Waals surface area contributed by atoms with Gasteiger partial charge in [-0.3, -0.25) is 14.4 Å². The Morgan fingerprint density at radius 1 is 1.23 bits per heavy atom. The standard InChI is InChI=1S/C24H34N4O2/c1-18(2)16-28-22-10-9-20(26(3)17-19-7-5-4-6-8-19)15-21(22)23(25-28)24(29)27-11-13-30-14-12-27/h4-8,18,20H,9-17H2,1-3H3/t20-/m1/s1. The maximum atomic E-state index is 13.3. The van der Waals surface area contributed by atoms with Gasteiger partial charge < -0.3 is 9.64 Å². The van der Waals surface area contributed by atoms with E-state index < -0.39 is 0 Å². The Balaban J connectivity index is 1.57. The van der Waals surface area contributed by atoms with Crippen LogP contribution in [-0.2, 0) is 30.7 Å². The van der Waals surface area contributed by atoms with Crippen molar-refractivity contribution in [3.8, 4) is 0 Å². The van der Waals surface area contributed by atoms with Gasteiger partial charge >= 0.3 is 0 Å². The summed E-state index contributed by atoms with van der Waals surface area (Å²) in [6.45, 7) is 8.74. The molecular weight excluding hydrogens is 376 g/mol. The zero-order chi connectivity index (χ0) is 21.1. The van der Waals surface area contributed by atoms with Gasteiger partial charge in [-0.25, -0.2) is 0 Å². The Bertz CT molecular complexity index is 856. The van der Waals surface area contributed by atoms with Gasteiger partial charge in [0.2, 0.25) is 0 Å². The monoisotopic (exact) mass is 410 g/mol. The topological polar surface area (TPSA) is 50.6 Å². The van der Waals surface area contributed by atoms with E-state index in [1.165, 1.54) is 16.8 Å². The van der Waals surface area contributed by atoms with Crippen LogP contribution in [0.25, 0.3) is 0 Å². The van der Waals surface area contributed by atoms with Crippen molar-refractivity contribution in [2.75, 3.05) is 33.4 Å². The quantitative estimate of drug-likeness (QED) is 0.735. The number of hydrogen-bond acceptors (Lipinski definition) is 4. The lowest BCUT2D eigenvalue weighted by Gasteiger charge is -2.32. The lowest BCUT2D eigenvalue weighted by Crippen LogP contribution is -2.42. The zero-order valence-corrected chi connectivity index (χ0v) is 18.5. The second kappa shape index (κ2) is 9.31. The molecule has 1 fully saturated rings. The Morgan fingerprint density at radius 3 is 2.67 bits per heavy atom. The summed E-state index contributed by atoms with van der Waals surface area (Å²) in [5.41, 5.74) is 4.43. The molecule has 6 nitrogen and oxygen atoms in total. The molecule has 2 heterocycles. The number of hydrogen-bond donors (Lipinski definition) is 0. The molecule has 1 atom stereocenters. The third-order valence-corrected chi connectivity index (χ3v) is 6.26. The van der Waals surface area contributed by atoms with E-state index in [1.807, 2.05) is 4.90 Å². The number of fused-ring (bicyclic) bond motifs is 1. The zero-order valence-electron chi connectivity index (χ0n) is 18.5. The van der Waals surface area contributed by atoms with Crippen molar-refractivity contribution >= 4 is 5.91 Å². The molecule has 2 aromatic rings. The second-order valence-corrected chi connectivity index (χ2v) is 9.05. The molecule has 1 aliphatic heterocycles. The number of likely N-dealkylation sites (N-methyl/N-ethyl adjacent to an activating group) is 1. The first-order valence-corrected chi connectivity index (χ1v) is 11.2. The van der Waals surface area contributed by atoms with Gasteiger partial charge in [-0.15, -0.1) is 0 Å². The van der Waals surface area contributed by atoms with Crippen molar-refractivity contribution in [3.63, 3.8) is 0 Å². The molecule has 0 unspecified atom stereocenters. The van der Waals surface area contributed by atoms with Gasteiger partial charge in [0.25, 0.3) is 5.91 Å². The van der Waals surface area contributed by atoms with E-state index in [0.717, 1.165) is 32.4 Å². The first kappa shape index (κ1) is 21.1. The van der Waals surface area contributed by atoms with Crippen molar-refractivity contribution in [2.45, 2.75) is 52.2 Å². The van der Waals surface area contributed by atoms with E-state index in [0.29, 0.717) is 44.0 Å². The normalized spacial score (nSPS) is 19.4. The smallest absolute Gasteiger partial charge is 0.274 e. The summed E-state index contributed by atoms with van der Waals surface area (Å²) in [5.74, 6) is 0.572. The average molecular weight is 411 g/mol. The van der Waals surface area contributed by atoms with Crippen LogP contribution >= 0.6 is 0 Å². The Labute approximate surface area is 179 Å². The van der Waals surface area contributed by atoms with Crippen LogP contribution in [0.15, 0.2) is 30.3 Å². The van der Waals surface area contributed by atoms with Crippen LogP contribution in [0.1, 0.15) is 47.6 Å². The maximum Gasteiger partial charge on any atom is 0.274 e. The molecule has 4 rings (SSSR count). The van der Waals surface area contributed by atoms with Crippen LogP contribution in [0.3, 0.4) is 0 Å². The molecule has 6 heteroatoms. The van der Waals surface area contributed by atoms with E-state index in [-0.39, 0.29) is 5.91 Å². The number of ether oxygens (including phenoxy) is 1. The van der Waals surface area contributed by atoms with Gasteiger partial charge in [-0.05, 0) is 37.8 Å². The molecule has 0 spiro atoms. The van der Waals surface area contributed by atoms with E-state index in [2.05, 4.69) is 60.8 Å². The summed E-state index contributed by atoms with van der Waals surface area (Å²) in [7, 11) is 2.20. The third-order valence-electron chi connectivity index (χ3n) is 6.26. The van der Waals surface area contributed by atoms with E-state index in [9.17, 15) is 4.79 Å². The summed E-state index contributed by atoms with van der Waals surface area (Å²) in [4.78, 5) is 17.7. The summed E-state index contributed by atoms with van der Waals surface area (Å²) < 4.78 is 7.55. The van der Waals surface area contributed by atoms with Gasteiger partial charge in [0, 0.05) is 43.5 Å². The van der Waals surface area contributed by atoms with Crippen molar-refractivity contribution in [2.24, 2.45) is 5.92 Å². The molecule has 1 aromatic heterocycles. The van der Waals surface area contributed by atoms with Crippen LogP contribution in [0.2, 0.25) is 0 Å². The number of nitrogens with zero attached hydrogens (tertiary/aromatic N) is 4. The number of carbonyl (C=O) groups excluding carboxylic acids is 1. The molecule has 0 radical (unpaired) electrons. The fraction of sp³-hybridized carbons (Fsp3) is 0.583. The van der Waals surface area contributed by atoms with E-state index in [1.54, 1.807) is 0 Å². The summed E-state index contributed by atoms with van der Waals surface area (Å²) in [6.07, 6.45) is 2.97. The summed E-state index contributed by atoms with van der Waals surface area (Å²) >= 11 is 0. The molecule has 0 saturated carbocycles. The highest BCUT2D eigenvalue weighted by Crippen LogP contribution is 2.29. The number of amides is 1. The van der Waals surface area contributed by atoms with E-state index >= 15 is 0 Å². The van der Waals surface area contributed by atoms with Crippen molar-refractivity contribution in [1.82, 2.24) is 19.6 Å². The van der Waals surface area contributed by atoms with Crippen LogP contribution in [0, 0.1) is 5.92 Å². The minimum Gasteiger partial charge on any atom is -0.378 e. The Hall–Kier alpha value is -2.18. The first-order valence-electron chi connectivity index (χ1n) is 11.2. The molecule has 0 N–H and O–H groups in total. The number of benzene rings is 1. The fourth-order valence-electron chi connectivity index (χ4n) is 4.63. The van der Waals surface area contributed by atoms with Gasteiger partial charge in [-0.2, -0.15) is 5.10 Å². The van der Waals surface area contributed by atoms with Crippen LogP contribution in [-0.4, -0.2) is 64.9 Å². The first-order chi connectivity index (χ1) is 14.5. The molecule has 1 aliphatic carbocycles. The Kier molecular flexibility index (Phi) is 6.54. The van der Waals surface area contributed by atoms with Crippen molar-refractivity contribution in [3.05, 3.63) is 52.8 Å². The van der Waals surface area contributed by atoms with Crippen LogP contribution in [0.5, 0.6) is 0 Å². The second-order valence-electron chi connectivity index (χ2n) is 9.05. The minimum atomic E-state index is 0.0726. The molecule has 1 amide bonds. The minimum absolute atomic E-state index is 0.0726. The number of aromatic nitrogens is 2. The SMILES string of the molecule is CC(C)Cn1nc(C(=O)N2CCOCC2)c2c1CC[C@@H](N(C)Cc1ccccc1)C2. The maximum absolute atomic E-state index is 13.3. The molecule has 30 heavy (non-hydrogen) atoms. The van der Waals surface area contributed by atoms with Gasteiger partial charge in [-0.1, -0.05) is 44.2 Å². The molecule has 0 bridgehead atoms. The highest BCUT2D eigenvalue weighted by Gasteiger charge is 2.33. The van der Waals surface area contributed by atoms with Gasteiger partial charge in [0.1, 0.15) is 0 Å². The lowest BCUT2D eigenvalue weighted by atomic mass is 9.90. The fourth-order valence-corrected chi connectivity index (χ4v) is 4.63. The highest BCUT2D eigenvalue weighted by molar-refractivity contribution is 5.94. The number of carbonyl (C=O) groups is 1. The highest BCUT2D eigenvalue weighted by atomic mass is 16.5. The molecule has 1 saturated heterocycles. The number of rotatable bonds is 6. The Morgan fingerprint density at radius 2 is 1.97 bits per heavy atom. The van der Waals surface area contributed by atoms with Crippen LogP contribution in [0.4, 0.5) is 0 Å². The molecular formula is C24H34N4O2.